The molecule has 102 valence electrons. The smallest absolute Gasteiger partial charge is 0.104 e. The van der Waals surface area contributed by atoms with Gasteiger partial charge in [0.15, 0.2) is 0 Å². The first-order chi connectivity index (χ1) is 9.79. The summed E-state index contributed by atoms with van der Waals surface area (Å²) in [5.41, 5.74) is 3.18. The normalized spacial score (nSPS) is 10.2. The molecule has 0 aliphatic heterocycles. The quantitative estimate of drug-likeness (QED) is 0.861. The molecule has 20 heavy (non-hydrogen) atoms. The first-order valence-electron chi connectivity index (χ1n) is 6.55. The third kappa shape index (κ3) is 4.20. The maximum Gasteiger partial charge on any atom is 0.104 e. The molecule has 2 rings (SSSR count). The lowest BCUT2D eigenvalue weighted by Gasteiger charge is -2.17. The first-order valence-corrected chi connectivity index (χ1v) is 6.55. The molecule has 3 nitrogen and oxygen atoms in total. The van der Waals surface area contributed by atoms with Gasteiger partial charge in [-0.15, -0.1) is 0 Å². The molecule has 1 aromatic heterocycles. The fourth-order valence-electron chi connectivity index (χ4n) is 2.03. The summed E-state index contributed by atoms with van der Waals surface area (Å²) in [7, 11) is 2.06. The Morgan fingerprint density at radius 2 is 1.90 bits per heavy atom. The van der Waals surface area contributed by atoms with Gasteiger partial charge in [0, 0.05) is 24.8 Å². The van der Waals surface area contributed by atoms with Crippen LogP contribution in [0.5, 0.6) is 0 Å². The molecule has 0 unspecified atom stereocenters. The van der Waals surface area contributed by atoms with E-state index in [9.17, 15) is 0 Å². The number of hydrogen-bond donors (Lipinski definition) is 1. The van der Waals surface area contributed by atoms with Crippen LogP contribution >= 0.6 is 0 Å². The number of aromatic nitrogens is 1. The van der Waals surface area contributed by atoms with Crippen molar-refractivity contribution in [3.05, 3.63) is 65.5 Å². The molecule has 0 aliphatic rings. The van der Waals surface area contributed by atoms with E-state index in [2.05, 4.69) is 34.8 Å². The lowest BCUT2D eigenvalue weighted by Crippen LogP contribution is -2.18. The van der Waals surface area contributed by atoms with E-state index in [1.165, 1.54) is 0 Å². The molecule has 0 atom stereocenters. The molecule has 0 saturated heterocycles. The average molecular weight is 266 g/mol. The minimum atomic E-state index is -0.113. The van der Waals surface area contributed by atoms with Crippen molar-refractivity contribution in [2.75, 3.05) is 13.7 Å². The van der Waals surface area contributed by atoms with Crippen LogP contribution < -0.4 is 0 Å². The third-order valence-electron chi connectivity index (χ3n) is 2.92. The van der Waals surface area contributed by atoms with Gasteiger partial charge in [0.25, 0.3) is 0 Å². The highest BCUT2D eigenvalue weighted by atomic mass is 16.2. The highest BCUT2D eigenvalue weighted by molar-refractivity contribution is 5.41. The predicted octanol–water partition coefficient (Wildman–Crippen LogP) is 2.06. The number of aliphatic hydroxyl groups excluding tert-OH is 1. The number of nitrogens with zero attached hydrogens (tertiary/aromatic N) is 2. The summed E-state index contributed by atoms with van der Waals surface area (Å²) in [5.74, 6) is 5.69. The molecule has 1 N–H and O–H groups in total. The molecule has 0 bridgehead atoms. The number of rotatable bonds is 4. The Hall–Kier alpha value is -2.15. The monoisotopic (exact) mass is 266 g/mol. The van der Waals surface area contributed by atoms with Gasteiger partial charge >= 0.3 is 0 Å². The van der Waals surface area contributed by atoms with E-state index < -0.39 is 0 Å². The maximum atomic E-state index is 8.80. The fraction of sp³-hybridized carbons (Fsp3) is 0.235. The van der Waals surface area contributed by atoms with Crippen LogP contribution in [0, 0.1) is 11.8 Å². The number of pyridine rings is 1. The van der Waals surface area contributed by atoms with E-state index in [0.29, 0.717) is 0 Å². The van der Waals surface area contributed by atoms with Crippen molar-refractivity contribution in [1.29, 1.82) is 0 Å². The molecule has 2 aromatic rings. The highest BCUT2D eigenvalue weighted by Crippen LogP contribution is 2.11. The van der Waals surface area contributed by atoms with Gasteiger partial charge in [-0.05, 0) is 30.8 Å². The van der Waals surface area contributed by atoms with E-state index in [0.717, 1.165) is 29.9 Å². The van der Waals surface area contributed by atoms with Gasteiger partial charge < -0.3 is 5.11 Å². The maximum absolute atomic E-state index is 8.80. The minimum absolute atomic E-state index is 0.113. The van der Waals surface area contributed by atoms with Gasteiger partial charge in [0.1, 0.15) is 6.61 Å². The van der Waals surface area contributed by atoms with Crippen molar-refractivity contribution in [1.82, 2.24) is 9.88 Å². The van der Waals surface area contributed by atoms with E-state index in [1.54, 1.807) is 0 Å². The molecule has 3 heteroatoms. The van der Waals surface area contributed by atoms with E-state index in [1.807, 2.05) is 42.6 Å². The number of hydrogen-bond acceptors (Lipinski definition) is 3. The summed E-state index contributed by atoms with van der Waals surface area (Å²) in [6, 6.07) is 14.0. The molecule has 0 radical (unpaired) electrons. The zero-order valence-electron chi connectivity index (χ0n) is 11.6. The molecule has 0 saturated carbocycles. The van der Waals surface area contributed by atoms with Crippen molar-refractivity contribution >= 4 is 0 Å². The summed E-state index contributed by atoms with van der Waals surface area (Å²) in [6.07, 6.45) is 1.81. The zero-order chi connectivity index (χ0) is 14.2. The van der Waals surface area contributed by atoms with E-state index in [-0.39, 0.29) is 6.61 Å². The van der Waals surface area contributed by atoms with Crippen molar-refractivity contribution < 1.29 is 5.11 Å². The topological polar surface area (TPSA) is 36.4 Å². The largest absolute Gasteiger partial charge is 0.384 e. The Balaban J connectivity index is 2.06. The molecular formula is C17H18N2O. The van der Waals surface area contributed by atoms with Gasteiger partial charge in [-0.3, -0.25) is 9.88 Å². The molecule has 0 aliphatic carbocycles. The average Bonchev–Trinajstić information content (AvgIpc) is 2.47. The van der Waals surface area contributed by atoms with Crippen LogP contribution in [0.3, 0.4) is 0 Å². The van der Waals surface area contributed by atoms with E-state index in [4.69, 9.17) is 5.11 Å². The van der Waals surface area contributed by atoms with Crippen molar-refractivity contribution in [2.24, 2.45) is 0 Å². The summed E-state index contributed by atoms with van der Waals surface area (Å²) < 4.78 is 0. The second-order valence-corrected chi connectivity index (χ2v) is 4.61. The van der Waals surface area contributed by atoms with Crippen LogP contribution in [-0.4, -0.2) is 28.6 Å². The molecule has 0 amide bonds. The summed E-state index contributed by atoms with van der Waals surface area (Å²) in [6.45, 7) is 1.48. The lowest BCUT2D eigenvalue weighted by atomic mass is 10.1. The van der Waals surface area contributed by atoms with Crippen LogP contribution in [0.1, 0.15) is 16.8 Å². The zero-order valence-corrected chi connectivity index (χ0v) is 11.6. The lowest BCUT2D eigenvalue weighted by molar-refractivity contribution is 0.315. The van der Waals surface area contributed by atoms with Gasteiger partial charge in [0.2, 0.25) is 0 Å². The SMILES string of the molecule is CN(Cc1ccccn1)Cc1ccccc1C#CCO. The summed E-state index contributed by atoms with van der Waals surface area (Å²) in [4.78, 5) is 6.53. The highest BCUT2D eigenvalue weighted by Gasteiger charge is 2.05. The number of benzene rings is 1. The Bertz CT molecular complexity index is 599. The van der Waals surface area contributed by atoms with Gasteiger partial charge in [-0.1, -0.05) is 36.1 Å². The molecule has 1 heterocycles. The Morgan fingerprint density at radius 3 is 2.65 bits per heavy atom. The molecule has 0 fully saturated rings. The van der Waals surface area contributed by atoms with Crippen LogP contribution in [0.15, 0.2) is 48.7 Å². The Morgan fingerprint density at radius 1 is 1.10 bits per heavy atom. The standard InChI is InChI=1S/C17H18N2O/c1-19(14-17-10-4-5-11-18-17)13-16-8-3-2-7-15(16)9-6-12-20/h2-5,7-8,10-11,20H,12-14H2,1H3. The second kappa shape index (κ2) is 7.44. The van der Waals surface area contributed by atoms with Gasteiger partial charge in [0.05, 0.1) is 5.69 Å². The van der Waals surface area contributed by atoms with Gasteiger partial charge in [-0.25, -0.2) is 0 Å². The molecular weight excluding hydrogens is 248 g/mol. The van der Waals surface area contributed by atoms with Crippen molar-refractivity contribution in [3.8, 4) is 11.8 Å². The first kappa shape index (κ1) is 14.3. The van der Waals surface area contributed by atoms with Crippen LogP contribution in [0.25, 0.3) is 0 Å². The van der Waals surface area contributed by atoms with Crippen molar-refractivity contribution in [3.63, 3.8) is 0 Å². The fourth-order valence-corrected chi connectivity index (χ4v) is 2.03. The van der Waals surface area contributed by atoms with Crippen molar-refractivity contribution in [2.45, 2.75) is 13.1 Å². The minimum Gasteiger partial charge on any atom is -0.384 e. The predicted molar refractivity (Wildman–Crippen MR) is 79.8 cm³/mol. The summed E-state index contributed by atoms with van der Waals surface area (Å²) >= 11 is 0. The third-order valence-corrected chi connectivity index (χ3v) is 2.92. The van der Waals surface area contributed by atoms with Gasteiger partial charge in [-0.2, -0.15) is 0 Å². The van der Waals surface area contributed by atoms with Crippen LogP contribution in [-0.2, 0) is 13.1 Å². The summed E-state index contributed by atoms with van der Waals surface area (Å²) in [5, 5.41) is 8.80. The molecule has 0 spiro atoms. The number of aliphatic hydroxyl groups is 1. The molecule has 1 aromatic carbocycles. The van der Waals surface area contributed by atoms with Crippen LogP contribution in [0.2, 0.25) is 0 Å². The van der Waals surface area contributed by atoms with Crippen LogP contribution in [0.4, 0.5) is 0 Å². The Kier molecular flexibility index (Phi) is 5.31. The Labute approximate surface area is 119 Å². The van der Waals surface area contributed by atoms with E-state index >= 15 is 0 Å². The second-order valence-electron chi connectivity index (χ2n) is 4.61.